The van der Waals surface area contributed by atoms with Gasteiger partial charge in [0.25, 0.3) is 0 Å². The predicted octanol–water partition coefficient (Wildman–Crippen LogP) is 0.528. The Hall–Kier alpha value is -0.500. The first kappa shape index (κ1) is 12.0. The molecule has 90 valence electrons. The molecule has 5 nitrogen and oxygen atoms in total. The molecule has 1 saturated carbocycles. The molecule has 3 N–H and O–H groups in total. The van der Waals surface area contributed by atoms with Gasteiger partial charge in [0.2, 0.25) is 10.0 Å². The van der Waals surface area contributed by atoms with Gasteiger partial charge in [0.15, 0.2) is 0 Å². The van der Waals surface area contributed by atoms with Crippen molar-refractivity contribution < 1.29 is 8.42 Å². The molecule has 0 atom stereocenters. The number of sulfonamides is 1. The minimum atomic E-state index is -3.47. The fourth-order valence-corrected chi connectivity index (χ4v) is 3.71. The van der Waals surface area contributed by atoms with Crippen LogP contribution in [-0.2, 0) is 22.3 Å². The van der Waals surface area contributed by atoms with Crippen molar-refractivity contribution in [1.82, 2.24) is 10.3 Å². The minimum Gasteiger partial charge on any atom is -0.315 e. The third kappa shape index (κ3) is 3.00. The van der Waals surface area contributed by atoms with Crippen LogP contribution in [-0.4, -0.2) is 20.4 Å². The third-order valence-electron chi connectivity index (χ3n) is 2.40. The summed E-state index contributed by atoms with van der Waals surface area (Å²) in [5, 5.41) is 8.69. The van der Waals surface area contributed by atoms with Gasteiger partial charge in [0, 0.05) is 17.3 Å². The van der Waals surface area contributed by atoms with Crippen LogP contribution in [0.15, 0.2) is 0 Å². The van der Waals surface area contributed by atoms with Gasteiger partial charge in [0.05, 0.1) is 5.69 Å². The number of rotatable bonds is 5. The topological polar surface area (TPSA) is 85.1 Å². The Labute approximate surface area is 99.1 Å². The Morgan fingerprint density at radius 2 is 2.25 bits per heavy atom. The Balaban J connectivity index is 2.23. The number of nitrogens with one attached hydrogen (secondary N) is 1. The monoisotopic (exact) mass is 261 g/mol. The van der Waals surface area contributed by atoms with Crippen LogP contribution in [0.25, 0.3) is 0 Å². The highest BCUT2D eigenvalue weighted by Gasteiger charge is 2.29. The van der Waals surface area contributed by atoms with Gasteiger partial charge in [0.1, 0.15) is 10.8 Å². The van der Waals surface area contributed by atoms with E-state index >= 15 is 0 Å². The van der Waals surface area contributed by atoms with Gasteiger partial charge >= 0.3 is 0 Å². The molecular formula is C9H15N3O2S2. The maximum atomic E-state index is 11.0. The molecule has 1 fully saturated rings. The van der Waals surface area contributed by atoms with Gasteiger partial charge < -0.3 is 5.32 Å². The van der Waals surface area contributed by atoms with E-state index in [-0.39, 0.29) is 5.75 Å². The van der Waals surface area contributed by atoms with Crippen LogP contribution in [0, 0.1) is 0 Å². The van der Waals surface area contributed by atoms with Crippen molar-refractivity contribution in [3.63, 3.8) is 0 Å². The molecule has 0 amide bonds. The number of nitrogens with two attached hydrogens (primary N) is 1. The quantitative estimate of drug-likeness (QED) is 0.809. The summed E-state index contributed by atoms with van der Waals surface area (Å²) in [7, 11) is -1.60. The van der Waals surface area contributed by atoms with Crippen LogP contribution in [0.1, 0.15) is 34.3 Å². The molecule has 7 heteroatoms. The molecule has 1 aromatic rings. The average Bonchev–Trinajstić information content (AvgIpc) is 2.89. The fourth-order valence-electron chi connectivity index (χ4n) is 1.61. The van der Waals surface area contributed by atoms with E-state index in [0.717, 1.165) is 30.0 Å². The highest BCUT2D eigenvalue weighted by atomic mass is 32.2. The summed E-state index contributed by atoms with van der Waals surface area (Å²) in [6, 6.07) is 0. The van der Waals surface area contributed by atoms with E-state index < -0.39 is 10.0 Å². The van der Waals surface area contributed by atoms with Gasteiger partial charge in [-0.3, -0.25) is 0 Å². The number of primary sulfonamides is 1. The van der Waals surface area contributed by atoms with Crippen molar-refractivity contribution in [3.8, 4) is 0 Å². The number of aromatic nitrogens is 1. The first-order chi connectivity index (χ1) is 7.49. The second-order valence-electron chi connectivity index (χ2n) is 4.03. The summed E-state index contributed by atoms with van der Waals surface area (Å²) >= 11 is 1.45. The van der Waals surface area contributed by atoms with Crippen LogP contribution < -0.4 is 10.5 Å². The summed E-state index contributed by atoms with van der Waals surface area (Å²) in [5.41, 5.74) is 1.07. The summed E-state index contributed by atoms with van der Waals surface area (Å²) in [6.07, 6.45) is 2.32. The molecule has 0 bridgehead atoms. The van der Waals surface area contributed by atoms with Crippen molar-refractivity contribution in [2.45, 2.75) is 31.1 Å². The molecule has 2 rings (SSSR count). The molecule has 0 spiro atoms. The van der Waals surface area contributed by atoms with Gasteiger partial charge in [-0.15, -0.1) is 11.3 Å². The molecule has 16 heavy (non-hydrogen) atoms. The SMILES string of the molecule is CNCc1sc(CS(N)(=O)=O)nc1C1CC1. The van der Waals surface area contributed by atoms with E-state index in [4.69, 9.17) is 5.14 Å². The van der Waals surface area contributed by atoms with Crippen molar-refractivity contribution >= 4 is 21.4 Å². The molecule has 1 aliphatic carbocycles. The molecule has 0 unspecified atom stereocenters. The van der Waals surface area contributed by atoms with Gasteiger partial charge in [-0.2, -0.15) is 0 Å². The third-order valence-corrected chi connectivity index (χ3v) is 4.33. The zero-order valence-corrected chi connectivity index (χ0v) is 10.7. The second-order valence-corrected chi connectivity index (χ2v) is 6.81. The van der Waals surface area contributed by atoms with E-state index in [1.807, 2.05) is 7.05 Å². The molecule has 1 heterocycles. The minimum absolute atomic E-state index is 0.152. The average molecular weight is 261 g/mol. The molecule has 0 saturated heterocycles. The maximum Gasteiger partial charge on any atom is 0.215 e. The van der Waals surface area contributed by atoms with Gasteiger partial charge in [-0.25, -0.2) is 18.5 Å². The molecular weight excluding hydrogens is 246 g/mol. The van der Waals surface area contributed by atoms with Crippen molar-refractivity contribution in [2.75, 3.05) is 7.05 Å². The Kier molecular flexibility index (Phi) is 3.29. The standard InChI is InChI=1S/C9H15N3O2S2/c1-11-4-7-9(6-2-3-6)12-8(15-7)5-16(10,13)14/h6,11H,2-5H2,1H3,(H2,10,13,14). The highest BCUT2D eigenvalue weighted by Crippen LogP contribution is 2.42. The molecule has 0 aromatic carbocycles. The Bertz CT molecular complexity index is 477. The highest BCUT2D eigenvalue weighted by molar-refractivity contribution is 7.88. The summed E-state index contributed by atoms with van der Waals surface area (Å²) in [6.45, 7) is 0.744. The largest absolute Gasteiger partial charge is 0.315 e. The Morgan fingerprint density at radius 3 is 2.75 bits per heavy atom. The van der Waals surface area contributed by atoms with Crippen LogP contribution in [0.4, 0.5) is 0 Å². The van der Waals surface area contributed by atoms with Crippen molar-refractivity contribution in [1.29, 1.82) is 0 Å². The second kappa shape index (κ2) is 4.40. The lowest BCUT2D eigenvalue weighted by atomic mass is 10.2. The van der Waals surface area contributed by atoms with E-state index in [0.29, 0.717) is 10.9 Å². The fraction of sp³-hybridized carbons (Fsp3) is 0.667. The molecule has 0 aliphatic heterocycles. The number of nitrogens with zero attached hydrogens (tertiary/aromatic N) is 1. The van der Waals surface area contributed by atoms with E-state index in [1.54, 1.807) is 0 Å². The van der Waals surface area contributed by atoms with E-state index in [2.05, 4.69) is 10.3 Å². The van der Waals surface area contributed by atoms with Crippen LogP contribution in [0.3, 0.4) is 0 Å². The first-order valence-electron chi connectivity index (χ1n) is 5.13. The van der Waals surface area contributed by atoms with Gasteiger partial charge in [-0.05, 0) is 19.9 Å². The van der Waals surface area contributed by atoms with Crippen molar-refractivity contribution in [2.24, 2.45) is 5.14 Å². The summed E-state index contributed by atoms with van der Waals surface area (Å²) < 4.78 is 22.0. The smallest absolute Gasteiger partial charge is 0.215 e. The lowest BCUT2D eigenvalue weighted by molar-refractivity contribution is 0.597. The lowest BCUT2D eigenvalue weighted by Gasteiger charge is -1.97. The molecule has 0 radical (unpaired) electrons. The van der Waals surface area contributed by atoms with Gasteiger partial charge in [-0.1, -0.05) is 0 Å². The first-order valence-corrected chi connectivity index (χ1v) is 7.66. The van der Waals surface area contributed by atoms with Crippen molar-refractivity contribution in [3.05, 3.63) is 15.6 Å². The summed E-state index contributed by atoms with van der Waals surface area (Å²) in [5.74, 6) is 0.384. The number of hydrogen-bond donors (Lipinski definition) is 2. The zero-order chi connectivity index (χ0) is 11.8. The van der Waals surface area contributed by atoms with Crippen LogP contribution in [0.2, 0.25) is 0 Å². The zero-order valence-electron chi connectivity index (χ0n) is 9.06. The van der Waals surface area contributed by atoms with E-state index in [9.17, 15) is 8.42 Å². The normalized spacial score (nSPS) is 16.6. The number of hydrogen-bond acceptors (Lipinski definition) is 5. The van der Waals surface area contributed by atoms with Crippen LogP contribution in [0.5, 0.6) is 0 Å². The van der Waals surface area contributed by atoms with E-state index in [1.165, 1.54) is 11.3 Å². The Morgan fingerprint density at radius 1 is 1.56 bits per heavy atom. The van der Waals surface area contributed by atoms with Crippen LogP contribution >= 0.6 is 11.3 Å². The number of thiazole rings is 1. The molecule has 1 aromatic heterocycles. The maximum absolute atomic E-state index is 11.0. The predicted molar refractivity (Wildman–Crippen MR) is 63.7 cm³/mol. The summed E-state index contributed by atoms with van der Waals surface area (Å²) in [4.78, 5) is 5.54. The molecule has 1 aliphatic rings. The lowest BCUT2D eigenvalue weighted by Crippen LogP contribution is -2.14.